The standard InChI is InChI=1S/C11H16N2O6S2/c1-13-7-9(6-10(13)11(14)15)21(18,19)12-8-2-4-20(16,17)5-3-8/h6-8,12H,2-5H2,1H3,(H,14,15). The Hall–Kier alpha value is -1.39. The number of sulfone groups is 1. The minimum atomic E-state index is -3.86. The summed E-state index contributed by atoms with van der Waals surface area (Å²) in [4.78, 5) is 10.8. The van der Waals surface area contributed by atoms with E-state index in [1.165, 1.54) is 17.8 Å². The Kier molecular flexibility index (Phi) is 4.13. The minimum Gasteiger partial charge on any atom is -0.477 e. The molecule has 1 aromatic heterocycles. The molecule has 1 aliphatic rings. The summed E-state index contributed by atoms with van der Waals surface area (Å²) in [6.45, 7) is 0. The summed E-state index contributed by atoms with van der Waals surface area (Å²) in [5.41, 5.74) is -0.137. The highest BCUT2D eigenvalue weighted by atomic mass is 32.2. The molecule has 1 aromatic rings. The first-order valence-corrected chi connectivity index (χ1v) is 9.53. The van der Waals surface area contributed by atoms with Gasteiger partial charge in [-0.2, -0.15) is 0 Å². The zero-order valence-corrected chi connectivity index (χ0v) is 12.9. The van der Waals surface area contributed by atoms with E-state index in [4.69, 9.17) is 5.11 Å². The molecule has 0 radical (unpaired) electrons. The largest absolute Gasteiger partial charge is 0.477 e. The van der Waals surface area contributed by atoms with Crippen LogP contribution in [0.15, 0.2) is 17.2 Å². The maximum absolute atomic E-state index is 12.2. The van der Waals surface area contributed by atoms with Crippen LogP contribution < -0.4 is 4.72 Å². The van der Waals surface area contributed by atoms with Crippen LogP contribution in [-0.2, 0) is 26.9 Å². The van der Waals surface area contributed by atoms with Gasteiger partial charge < -0.3 is 9.67 Å². The molecule has 0 aliphatic carbocycles. The molecule has 10 heteroatoms. The van der Waals surface area contributed by atoms with Crippen LogP contribution in [0.25, 0.3) is 0 Å². The number of hydrogen-bond donors (Lipinski definition) is 2. The molecule has 2 N–H and O–H groups in total. The first kappa shape index (κ1) is 16.0. The molecule has 0 atom stereocenters. The predicted octanol–water partition coefficient (Wildman–Crippen LogP) is -0.421. The molecule has 1 aliphatic heterocycles. The highest BCUT2D eigenvalue weighted by Gasteiger charge is 2.28. The van der Waals surface area contributed by atoms with E-state index in [0.29, 0.717) is 0 Å². The van der Waals surface area contributed by atoms with Crippen LogP contribution in [0.3, 0.4) is 0 Å². The van der Waals surface area contributed by atoms with Gasteiger partial charge in [-0.05, 0) is 18.9 Å². The number of rotatable bonds is 4. The van der Waals surface area contributed by atoms with Crippen molar-refractivity contribution in [2.24, 2.45) is 7.05 Å². The maximum Gasteiger partial charge on any atom is 0.352 e. The lowest BCUT2D eigenvalue weighted by molar-refractivity contribution is 0.0686. The summed E-state index contributed by atoms with van der Waals surface area (Å²) in [5, 5.41) is 8.92. The van der Waals surface area contributed by atoms with E-state index in [9.17, 15) is 21.6 Å². The number of carboxylic acids is 1. The molecule has 0 aromatic carbocycles. The van der Waals surface area contributed by atoms with Crippen LogP contribution in [0.5, 0.6) is 0 Å². The molecule has 21 heavy (non-hydrogen) atoms. The lowest BCUT2D eigenvalue weighted by Crippen LogP contribution is -2.40. The van der Waals surface area contributed by atoms with Gasteiger partial charge in [-0.1, -0.05) is 0 Å². The summed E-state index contributed by atoms with van der Waals surface area (Å²) in [7, 11) is -5.49. The van der Waals surface area contributed by atoms with Crippen molar-refractivity contribution >= 4 is 25.8 Å². The Bertz CT molecular complexity index is 749. The Morgan fingerprint density at radius 2 is 1.95 bits per heavy atom. The molecule has 8 nitrogen and oxygen atoms in total. The monoisotopic (exact) mass is 336 g/mol. The molecule has 0 unspecified atom stereocenters. The third-order valence-corrected chi connectivity index (χ3v) is 6.59. The summed E-state index contributed by atoms with van der Waals surface area (Å²) in [6, 6.07) is 0.622. The lowest BCUT2D eigenvalue weighted by Gasteiger charge is -2.22. The summed E-state index contributed by atoms with van der Waals surface area (Å²) < 4.78 is 50.6. The van der Waals surface area contributed by atoms with E-state index in [-0.39, 0.29) is 34.9 Å². The van der Waals surface area contributed by atoms with Crippen molar-refractivity contribution in [1.82, 2.24) is 9.29 Å². The van der Waals surface area contributed by atoms with Gasteiger partial charge in [0.05, 0.1) is 11.5 Å². The van der Waals surface area contributed by atoms with Crippen molar-refractivity contribution < 1.29 is 26.7 Å². The van der Waals surface area contributed by atoms with Crippen molar-refractivity contribution in [2.75, 3.05) is 11.5 Å². The van der Waals surface area contributed by atoms with Gasteiger partial charge in [0.15, 0.2) is 0 Å². The maximum atomic E-state index is 12.2. The average Bonchev–Trinajstić information content (AvgIpc) is 2.75. The number of nitrogens with zero attached hydrogens (tertiary/aromatic N) is 1. The van der Waals surface area contributed by atoms with E-state index < -0.39 is 31.9 Å². The first-order chi connectivity index (χ1) is 9.61. The number of nitrogens with one attached hydrogen (secondary N) is 1. The Morgan fingerprint density at radius 1 is 1.38 bits per heavy atom. The second kappa shape index (κ2) is 5.43. The van der Waals surface area contributed by atoms with E-state index in [1.807, 2.05) is 0 Å². The summed E-state index contributed by atoms with van der Waals surface area (Å²) >= 11 is 0. The third kappa shape index (κ3) is 3.63. The molecule has 118 valence electrons. The molecule has 2 rings (SSSR count). The van der Waals surface area contributed by atoms with Crippen molar-refractivity contribution in [3.05, 3.63) is 18.0 Å². The normalized spacial score (nSPS) is 19.5. The van der Waals surface area contributed by atoms with Crippen molar-refractivity contribution in [1.29, 1.82) is 0 Å². The van der Waals surface area contributed by atoms with Crippen LogP contribution in [-0.4, -0.2) is 50.0 Å². The second-order valence-corrected chi connectivity index (χ2v) is 9.04. The molecular weight excluding hydrogens is 320 g/mol. The second-order valence-electron chi connectivity index (χ2n) is 5.02. The van der Waals surface area contributed by atoms with E-state index in [0.717, 1.165) is 6.07 Å². The zero-order chi connectivity index (χ0) is 15.8. The van der Waals surface area contributed by atoms with Gasteiger partial charge in [0.1, 0.15) is 20.4 Å². The number of aromatic carboxylic acids is 1. The van der Waals surface area contributed by atoms with Gasteiger partial charge in [-0.3, -0.25) is 0 Å². The SMILES string of the molecule is Cn1cc(S(=O)(=O)NC2CCS(=O)(=O)CC2)cc1C(=O)O. The fraction of sp³-hybridized carbons (Fsp3) is 0.545. The lowest BCUT2D eigenvalue weighted by atomic mass is 10.2. The van der Waals surface area contributed by atoms with Crippen LogP contribution >= 0.6 is 0 Å². The van der Waals surface area contributed by atoms with E-state index in [2.05, 4.69) is 4.72 Å². The van der Waals surface area contributed by atoms with Crippen LogP contribution in [0.2, 0.25) is 0 Å². The van der Waals surface area contributed by atoms with Crippen LogP contribution in [0.1, 0.15) is 23.3 Å². The van der Waals surface area contributed by atoms with Gasteiger partial charge in [-0.25, -0.2) is 26.4 Å². The van der Waals surface area contributed by atoms with Gasteiger partial charge in [-0.15, -0.1) is 0 Å². The fourth-order valence-electron chi connectivity index (χ4n) is 2.19. The number of carbonyl (C=O) groups is 1. The average molecular weight is 336 g/mol. The number of carboxylic acid groups (broad SMARTS) is 1. The zero-order valence-electron chi connectivity index (χ0n) is 11.3. The molecule has 0 saturated carbocycles. The number of sulfonamides is 1. The topological polar surface area (TPSA) is 123 Å². The molecule has 2 heterocycles. The predicted molar refractivity (Wildman–Crippen MR) is 74.4 cm³/mol. The van der Waals surface area contributed by atoms with Gasteiger partial charge in [0.25, 0.3) is 0 Å². The molecule has 1 fully saturated rings. The highest BCUT2D eigenvalue weighted by molar-refractivity contribution is 7.91. The van der Waals surface area contributed by atoms with E-state index >= 15 is 0 Å². The third-order valence-electron chi connectivity index (χ3n) is 3.39. The quantitative estimate of drug-likeness (QED) is 0.770. The molecule has 0 amide bonds. The summed E-state index contributed by atoms with van der Waals surface area (Å²) in [6.07, 6.45) is 1.66. The molecule has 1 saturated heterocycles. The Balaban J connectivity index is 2.16. The minimum absolute atomic E-state index is 0.0463. The number of hydrogen-bond acceptors (Lipinski definition) is 5. The van der Waals surface area contributed by atoms with Gasteiger partial charge in [0.2, 0.25) is 10.0 Å². The van der Waals surface area contributed by atoms with Crippen molar-refractivity contribution in [2.45, 2.75) is 23.8 Å². The van der Waals surface area contributed by atoms with Gasteiger partial charge in [0, 0.05) is 19.3 Å². The molecular formula is C11H16N2O6S2. The first-order valence-electron chi connectivity index (χ1n) is 6.23. The Labute approximate surface area is 122 Å². The molecule has 0 bridgehead atoms. The summed E-state index contributed by atoms with van der Waals surface area (Å²) in [5.74, 6) is -1.31. The number of aromatic nitrogens is 1. The van der Waals surface area contributed by atoms with Gasteiger partial charge >= 0.3 is 5.97 Å². The highest BCUT2D eigenvalue weighted by Crippen LogP contribution is 2.18. The van der Waals surface area contributed by atoms with Crippen molar-refractivity contribution in [3.8, 4) is 0 Å². The number of aryl methyl sites for hydroxylation is 1. The van der Waals surface area contributed by atoms with E-state index in [1.54, 1.807) is 0 Å². The van der Waals surface area contributed by atoms with Crippen LogP contribution in [0.4, 0.5) is 0 Å². The van der Waals surface area contributed by atoms with Crippen molar-refractivity contribution in [3.63, 3.8) is 0 Å². The van der Waals surface area contributed by atoms with Crippen LogP contribution in [0, 0.1) is 0 Å². The smallest absolute Gasteiger partial charge is 0.352 e. The fourth-order valence-corrected chi connectivity index (χ4v) is 5.05. The molecule has 0 spiro atoms. The Morgan fingerprint density at radius 3 is 2.43 bits per heavy atom.